The minimum Gasteiger partial charge on any atom is -0.480 e. The molecule has 0 radical (unpaired) electrons. The number of aliphatic imine (C=N–C) groups is 1. The van der Waals surface area contributed by atoms with Gasteiger partial charge in [-0.15, -0.1) is 0 Å². The van der Waals surface area contributed by atoms with Gasteiger partial charge in [-0.1, -0.05) is 80.6 Å². The largest absolute Gasteiger partial charge is 0.480 e. The lowest BCUT2D eigenvalue weighted by Gasteiger charge is -2.31. The molecule has 17 nitrogen and oxygen atoms in total. The van der Waals surface area contributed by atoms with E-state index in [0.717, 1.165) is 53.5 Å². The standard InChI is InChI=1S/C42H55N9O8/c1-25(52)47-34(22-27-13-6-3-7-14-27)40(57)51-35(18-19-36(51)53)39(56)50-32(21-26-11-4-2-5-12-26)37(54)49-33(23-28-24-46-30-16-9-8-15-29(28)30)38(55)48-31(41(58)59)17-10-20-45-42(43)44/h3,6-9,13-16,24,26,31-35,46H,2,4-5,10-12,17-23H2,1H3,(H,47,52)(H,48,55)(H,49,54)(H,50,56)(H,58,59)(H4,43,44,45)/t31-,32+,33-,34-,35-/m0/s1. The fourth-order valence-corrected chi connectivity index (χ4v) is 7.96. The first-order valence-electron chi connectivity index (χ1n) is 20.2. The third-order valence-electron chi connectivity index (χ3n) is 10.9. The third kappa shape index (κ3) is 12.4. The number of H-pyrrole nitrogens is 1. The highest BCUT2D eigenvalue weighted by atomic mass is 16.4. The summed E-state index contributed by atoms with van der Waals surface area (Å²) in [5, 5.41) is 21.6. The Balaban J connectivity index is 1.39. The van der Waals surface area contributed by atoms with Crippen LogP contribution in [-0.2, 0) is 46.4 Å². The van der Waals surface area contributed by atoms with Gasteiger partial charge in [-0.3, -0.25) is 38.7 Å². The number of aromatic amines is 1. The van der Waals surface area contributed by atoms with Crippen molar-refractivity contribution in [1.82, 2.24) is 31.2 Å². The number of imide groups is 1. The number of amides is 6. The predicted octanol–water partition coefficient (Wildman–Crippen LogP) is 1.54. The average molecular weight is 814 g/mol. The van der Waals surface area contributed by atoms with Crippen molar-refractivity contribution in [2.75, 3.05) is 6.54 Å². The number of para-hydroxylation sites is 1. The predicted molar refractivity (Wildman–Crippen MR) is 219 cm³/mol. The van der Waals surface area contributed by atoms with Crippen molar-refractivity contribution < 1.29 is 38.7 Å². The number of carboxylic acid groups (broad SMARTS) is 1. The topological polar surface area (TPSA) is 271 Å². The first-order chi connectivity index (χ1) is 28.3. The number of carboxylic acids is 1. The van der Waals surface area contributed by atoms with E-state index >= 15 is 0 Å². The van der Waals surface area contributed by atoms with E-state index < -0.39 is 71.6 Å². The Morgan fingerprint density at radius 1 is 0.831 bits per heavy atom. The van der Waals surface area contributed by atoms with Gasteiger partial charge in [0.15, 0.2) is 5.96 Å². The molecule has 0 unspecified atom stereocenters. The van der Waals surface area contributed by atoms with Gasteiger partial charge in [0.25, 0.3) is 5.91 Å². The van der Waals surface area contributed by atoms with E-state index in [0.29, 0.717) is 5.56 Å². The number of carbonyl (C=O) groups excluding carboxylic acids is 6. The number of aliphatic carboxylic acids is 1. The molecule has 59 heavy (non-hydrogen) atoms. The minimum atomic E-state index is -1.32. The van der Waals surface area contributed by atoms with Gasteiger partial charge in [0.1, 0.15) is 30.2 Å². The Kier molecular flexibility index (Phi) is 15.6. The summed E-state index contributed by atoms with van der Waals surface area (Å²) in [5.41, 5.74) is 13.0. The lowest BCUT2D eigenvalue weighted by Crippen LogP contribution is -2.59. The second-order valence-corrected chi connectivity index (χ2v) is 15.4. The molecule has 2 fully saturated rings. The highest BCUT2D eigenvalue weighted by Crippen LogP contribution is 2.28. The van der Waals surface area contributed by atoms with E-state index in [-0.39, 0.29) is 63.4 Å². The van der Waals surface area contributed by atoms with Crippen LogP contribution in [0.3, 0.4) is 0 Å². The lowest BCUT2D eigenvalue weighted by atomic mass is 9.84. The summed E-state index contributed by atoms with van der Waals surface area (Å²) in [6.07, 6.45) is 6.79. The molecule has 1 saturated heterocycles. The van der Waals surface area contributed by atoms with Crippen molar-refractivity contribution in [3.63, 3.8) is 0 Å². The number of nitrogens with two attached hydrogens (primary N) is 2. The van der Waals surface area contributed by atoms with Gasteiger partial charge in [0, 0.05) is 49.8 Å². The highest BCUT2D eigenvalue weighted by molar-refractivity contribution is 6.06. The van der Waals surface area contributed by atoms with Gasteiger partial charge < -0.3 is 42.8 Å². The molecule has 5 atom stereocenters. The number of carbonyl (C=O) groups is 7. The van der Waals surface area contributed by atoms with E-state index in [1.807, 2.05) is 30.3 Å². The van der Waals surface area contributed by atoms with Crippen LogP contribution in [0.25, 0.3) is 10.9 Å². The number of hydrogen-bond donors (Lipinski definition) is 8. The number of aromatic nitrogens is 1. The zero-order valence-electron chi connectivity index (χ0n) is 33.3. The number of fused-ring (bicyclic) bond motifs is 1. The summed E-state index contributed by atoms with van der Waals surface area (Å²) in [6.45, 7) is 1.41. The van der Waals surface area contributed by atoms with E-state index in [1.54, 1.807) is 30.5 Å². The molecule has 2 heterocycles. The zero-order chi connectivity index (χ0) is 42.5. The van der Waals surface area contributed by atoms with Crippen molar-refractivity contribution in [1.29, 1.82) is 0 Å². The maximum absolute atomic E-state index is 14.4. The number of benzene rings is 2. The van der Waals surface area contributed by atoms with E-state index in [2.05, 4.69) is 31.2 Å². The monoisotopic (exact) mass is 813 g/mol. The first kappa shape index (κ1) is 43.9. The lowest BCUT2D eigenvalue weighted by molar-refractivity contribution is -0.150. The highest BCUT2D eigenvalue weighted by Gasteiger charge is 2.44. The van der Waals surface area contributed by atoms with Crippen molar-refractivity contribution in [3.8, 4) is 0 Å². The molecule has 1 aromatic heterocycles. The van der Waals surface area contributed by atoms with Crippen LogP contribution in [0.15, 0.2) is 65.8 Å². The van der Waals surface area contributed by atoms with Crippen LogP contribution in [-0.4, -0.2) is 99.1 Å². The Morgan fingerprint density at radius 2 is 1.51 bits per heavy atom. The molecule has 5 rings (SSSR count). The first-order valence-corrected chi connectivity index (χ1v) is 20.2. The third-order valence-corrected chi connectivity index (χ3v) is 10.9. The maximum atomic E-state index is 14.4. The summed E-state index contributed by atoms with van der Waals surface area (Å²) < 4.78 is 0. The second kappa shape index (κ2) is 20.9. The van der Waals surface area contributed by atoms with Crippen molar-refractivity contribution in [2.45, 2.75) is 114 Å². The summed E-state index contributed by atoms with van der Waals surface area (Å²) in [5.74, 6) is -5.29. The molecule has 2 aromatic carbocycles. The maximum Gasteiger partial charge on any atom is 0.326 e. The van der Waals surface area contributed by atoms with Crippen molar-refractivity contribution in [2.24, 2.45) is 22.4 Å². The van der Waals surface area contributed by atoms with E-state index in [1.165, 1.54) is 6.92 Å². The number of nitrogens with one attached hydrogen (secondary N) is 5. The molecular formula is C42H55N9O8. The van der Waals surface area contributed by atoms with Gasteiger partial charge >= 0.3 is 5.97 Å². The van der Waals surface area contributed by atoms with Crippen molar-refractivity contribution in [3.05, 3.63) is 71.9 Å². The van der Waals surface area contributed by atoms with Crippen LogP contribution in [0.4, 0.5) is 0 Å². The molecule has 2 aliphatic rings. The smallest absolute Gasteiger partial charge is 0.326 e. The van der Waals surface area contributed by atoms with Gasteiger partial charge in [-0.05, 0) is 48.8 Å². The van der Waals surface area contributed by atoms with Crippen LogP contribution >= 0.6 is 0 Å². The van der Waals surface area contributed by atoms with Gasteiger partial charge in [0.05, 0.1) is 0 Å². The number of rotatable bonds is 19. The SMILES string of the molecule is CC(=O)N[C@@H](Cc1ccccc1)C(=O)N1C(=O)CC[C@H]1C(=O)N[C@H](CC1CCCCC1)C(=O)N[C@@H](Cc1c[nH]c2ccccc12)C(=O)N[C@@H](CCCN=C(N)N)C(=O)O. The summed E-state index contributed by atoms with van der Waals surface area (Å²) in [6, 6.07) is 10.2. The fraction of sp³-hybridized carbons (Fsp3) is 0.476. The molecule has 17 heteroatoms. The van der Waals surface area contributed by atoms with Crippen LogP contribution in [0.5, 0.6) is 0 Å². The molecule has 3 aromatic rings. The average Bonchev–Trinajstić information content (AvgIpc) is 3.81. The van der Waals surface area contributed by atoms with Crippen LogP contribution in [0, 0.1) is 5.92 Å². The molecule has 0 spiro atoms. The van der Waals surface area contributed by atoms with Crippen molar-refractivity contribution >= 4 is 58.3 Å². The molecule has 0 bridgehead atoms. The molecule has 1 aliphatic heterocycles. The van der Waals surface area contributed by atoms with Gasteiger partial charge in [-0.25, -0.2) is 4.79 Å². The molecule has 316 valence electrons. The van der Waals surface area contributed by atoms with E-state index in [9.17, 15) is 38.7 Å². The number of likely N-dealkylation sites (tertiary alicyclic amines) is 1. The van der Waals surface area contributed by atoms with Crippen LogP contribution in [0.1, 0.15) is 82.3 Å². The summed E-state index contributed by atoms with van der Waals surface area (Å²) >= 11 is 0. The Morgan fingerprint density at radius 3 is 2.20 bits per heavy atom. The Labute approximate surface area is 342 Å². The van der Waals surface area contributed by atoms with Crippen LogP contribution < -0.4 is 32.7 Å². The van der Waals surface area contributed by atoms with Crippen LogP contribution in [0.2, 0.25) is 0 Å². The second-order valence-electron chi connectivity index (χ2n) is 15.4. The minimum absolute atomic E-state index is 0.00936. The Hall–Kier alpha value is -6.26. The van der Waals surface area contributed by atoms with Gasteiger partial charge in [-0.2, -0.15) is 0 Å². The fourth-order valence-electron chi connectivity index (χ4n) is 7.96. The Bertz CT molecular complexity index is 2010. The van der Waals surface area contributed by atoms with E-state index in [4.69, 9.17) is 11.5 Å². The molecule has 10 N–H and O–H groups in total. The molecule has 1 saturated carbocycles. The number of guanidine groups is 1. The van der Waals surface area contributed by atoms with Gasteiger partial charge in [0.2, 0.25) is 29.5 Å². The molecule has 1 aliphatic carbocycles. The number of hydrogen-bond acceptors (Lipinski definition) is 8. The molecule has 6 amide bonds. The zero-order valence-corrected chi connectivity index (χ0v) is 33.3. The summed E-state index contributed by atoms with van der Waals surface area (Å²) in [4.78, 5) is 102. The summed E-state index contributed by atoms with van der Waals surface area (Å²) in [7, 11) is 0. The molecular weight excluding hydrogens is 759 g/mol. The normalized spacial score (nSPS) is 17.6. The quantitative estimate of drug-likeness (QED) is 0.0491. The number of nitrogens with zero attached hydrogens (tertiary/aromatic N) is 2.